The van der Waals surface area contributed by atoms with Gasteiger partial charge in [0.2, 0.25) is 11.1 Å². The van der Waals surface area contributed by atoms with Gasteiger partial charge >= 0.3 is 0 Å². The van der Waals surface area contributed by atoms with Crippen molar-refractivity contribution in [1.82, 2.24) is 19.8 Å². The summed E-state index contributed by atoms with van der Waals surface area (Å²) in [6, 6.07) is 5.03. The number of halogens is 2. The molecule has 2 atom stereocenters. The molecule has 1 aliphatic rings. The number of amides is 1. The van der Waals surface area contributed by atoms with Gasteiger partial charge in [-0.1, -0.05) is 35.0 Å². The lowest BCUT2D eigenvalue weighted by Gasteiger charge is -2.35. The smallest absolute Gasteiger partial charge is 0.233 e. The van der Waals surface area contributed by atoms with Crippen LogP contribution in [0, 0.1) is 0 Å². The van der Waals surface area contributed by atoms with Crippen LogP contribution in [-0.4, -0.2) is 56.7 Å². The number of benzene rings is 1. The number of hydrogen-bond acceptors (Lipinski definition) is 6. The normalized spacial score (nSPS) is 20.4. The molecular formula is C16H19Cl2N5O2S. The molecule has 1 aliphatic heterocycles. The Hall–Kier alpha value is -1.48. The molecule has 0 spiro atoms. The summed E-state index contributed by atoms with van der Waals surface area (Å²) in [4.78, 5) is 14.3. The molecule has 1 aromatic heterocycles. The van der Waals surface area contributed by atoms with Crippen LogP contribution < -0.4 is 5.84 Å². The van der Waals surface area contributed by atoms with Gasteiger partial charge in [0.1, 0.15) is 0 Å². The monoisotopic (exact) mass is 415 g/mol. The zero-order valence-corrected chi connectivity index (χ0v) is 16.7. The van der Waals surface area contributed by atoms with E-state index >= 15 is 0 Å². The second-order valence-corrected chi connectivity index (χ2v) is 7.93. The van der Waals surface area contributed by atoms with Gasteiger partial charge in [-0.3, -0.25) is 4.79 Å². The predicted molar refractivity (Wildman–Crippen MR) is 103 cm³/mol. The van der Waals surface area contributed by atoms with Crippen LogP contribution in [-0.2, 0) is 9.53 Å². The number of carbonyl (C=O) groups is 1. The van der Waals surface area contributed by atoms with E-state index in [0.717, 1.165) is 0 Å². The van der Waals surface area contributed by atoms with E-state index in [1.165, 1.54) is 16.4 Å². The van der Waals surface area contributed by atoms with Crippen molar-refractivity contribution < 1.29 is 9.53 Å². The summed E-state index contributed by atoms with van der Waals surface area (Å²) in [5, 5.41) is 9.57. The summed E-state index contributed by atoms with van der Waals surface area (Å²) in [7, 11) is 0. The molecule has 0 bridgehead atoms. The first-order chi connectivity index (χ1) is 12.3. The van der Waals surface area contributed by atoms with Crippen molar-refractivity contribution in [3.8, 4) is 11.4 Å². The highest BCUT2D eigenvalue weighted by Crippen LogP contribution is 2.30. The number of ether oxygens (including phenoxy) is 1. The largest absolute Gasteiger partial charge is 0.372 e. The maximum atomic E-state index is 12.5. The van der Waals surface area contributed by atoms with Crippen LogP contribution in [0.15, 0.2) is 23.4 Å². The van der Waals surface area contributed by atoms with Gasteiger partial charge in [0, 0.05) is 23.7 Å². The minimum absolute atomic E-state index is 0.0161. The average Bonchev–Trinajstić information content (AvgIpc) is 2.94. The molecule has 3 rings (SSSR count). The first kappa shape index (κ1) is 19.3. The number of thioether (sulfide) groups is 1. The molecule has 0 aliphatic carbocycles. The third-order valence-electron chi connectivity index (χ3n) is 3.93. The van der Waals surface area contributed by atoms with Crippen LogP contribution in [0.3, 0.4) is 0 Å². The van der Waals surface area contributed by atoms with Crippen molar-refractivity contribution in [2.75, 3.05) is 24.7 Å². The SMILES string of the molecule is C[C@@H]1CN(C(=O)CSc2nnc(-c3cc(Cl)ccc3Cl)n2N)C[C@H](C)O1. The highest BCUT2D eigenvalue weighted by Gasteiger charge is 2.26. The second-order valence-electron chi connectivity index (χ2n) is 6.15. The van der Waals surface area contributed by atoms with Crippen molar-refractivity contribution >= 4 is 40.9 Å². The third-order valence-corrected chi connectivity index (χ3v) is 5.42. The summed E-state index contributed by atoms with van der Waals surface area (Å²) in [6.07, 6.45) is 0.0601. The number of rotatable bonds is 4. The molecule has 1 fully saturated rings. The molecule has 0 saturated carbocycles. The number of carbonyl (C=O) groups excluding carboxylic acids is 1. The van der Waals surface area contributed by atoms with Gasteiger partial charge in [0.05, 0.1) is 23.0 Å². The Morgan fingerprint density at radius 2 is 2.00 bits per heavy atom. The maximum absolute atomic E-state index is 12.5. The molecule has 2 heterocycles. The Kier molecular flexibility index (Phi) is 5.96. The topological polar surface area (TPSA) is 86.3 Å². The van der Waals surface area contributed by atoms with Crippen LogP contribution in [0.25, 0.3) is 11.4 Å². The molecule has 0 radical (unpaired) electrons. The fourth-order valence-electron chi connectivity index (χ4n) is 2.83. The highest BCUT2D eigenvalue weighted by atomic mass is 35.5. The maximum Gasteiger partial charge on any atom is 0.233 e. The van der Waals surface area contributed by atoms with Crippen LogP contribution in [0.2, 0.25) is 10.0 Å². The standard InChI is InChI=1S/C16H19Cl2N5O2S/c1-9-6-22(7-10(2)25-9)14(24)8-26-16-21-20-15(23(16)19)12-5-11(17)3-4-13(12)18/h3-5,9-10H,6-8,19H2,1-2H3/t9-,10+. The van der Waals surface area contributed by atoms with E-state index in [4.69, 9.17) is 33.8 Å². The molecule has 0 unspecified atom stereocenters. The molecule has 2 aromatic rings. The van der Waals surface area contributed by atoms with Gasteiger partial charge in [0.15, 0.2) is 5.82 Å². The first-order valence-corrected chi connectivity index (χ1v) is 9.81. The van der Waals surface area contributed by atoms with Crippen molar-refractivity contribution in [2.24, 2.45) is 0 Å². The molecule has 1 aromatic carbocycles. The minimum atomic E-state index is 0.0161. The molecule has 1 amide bonds. The van der Waals surface area contributed by atoms with Crippen LogP contribution >= 0.6 is 35.0 Å². The van der Waals surface area contributed by atoms with E-state index < -0.39 is 0 Å². The number of morpholine rings is 1. The lowest BCUT2D eigenvalue weighted by atomic mass is 10.2. The van der Waals surface area contributed by atoms with Crippen molar-refractivity contribution in [2.45, 2.75) is 31.2 Å². The summed E-state index contributed by atoms with van der Waals surface area (Å²) >= 11 is 13.4. The minimum Gasteiger partial charge on any atom is -0.372 e. The third kappa shape index (κ3) is 4.25. The Labute approximate surface area is 165 Å². The predicted octanol–water partition coefficient (Wildman–Crippen LogP) is 2.69. The summed E-state index contributed by atoms with van der Waals surface area (Å²) in [6.45, 7) is 5.09. The quantitative estimate of drug-likeness (QED) is 0.609. The summed E-state index contributed by atoms with van der Waals surface area (Å²) in [5.41, 5.74) is 0.586. The van der Waals surface area contributed by atoms with Gasteiger partial charge in [-0.25, -0.2) is 4.68 Å². The van der Waals surface area contributed by atoms with Crippen LogP contribution in [0.1, 0.15) is 13.8 Å². The average molecular weight is 416 g/mol. The molecular weight excluding hydrogens is 397 g/mol. The molecule has 7 nitrogen and oxygen atoms in total. The van der Waals surface area contributed by atoms with Gasteiger partial charge in [-0.05, 0) is 32.0 Å². The Morgan fingerprint density at radius 3 is 2.69 bits per heavy atom. The zero-order chi connectivity index (χ0) is 18.8. The number of hydrogen-bond donors (Lipinski definition) is 1. The number of nitrogens with zero attached hydrogens (tertiary/aromatic N) is 4. The van der Waals surface area contributed by atoms with Gasteiger partial charge in [-0.2, -0.15) is 0 Å². The van der Waals surface area contributed by atoms with Crippen molar-refractivity contribution in [3.05, 3.63) is 28.2 Å². The molecule has 1 saturated heterocycles. The Morgan fingerprint density at radius 1 is 1.31 bits per heavy atom. The lowest BCUT2D eigenvalue weighted by molar-refractivity contribution is -0.140. The zero-order valence-electron chi connectivity index (χ0n) is 14.4. The van der Waals surface area contributed by atoms with Crippen molar-refractivity contribution in [3.63, 3.8) is 0 Å². The lowest BCUT2D eigenvalue weighted by Crippen LogP contribution is -2.48. The number of nitrogens with two attached hydrogens (primary N) is 1. The Balaban J connectivity index is 1.69. The fourth-order valence-corrected chi connectivity index (χ4v) is 3.96. The van der Waals surface area contributed by atoms with Crippen LogP contribution in [0.5, 0.6) is 0 Å². The van der Waals surface area contributed by atoms with Gasteiger partial charge in [-0.15, -0.1) is 10.2 Å². The van der Waals surface area contributed by atoms with E-state index in [9.17, 15) is 4.79 Å². The second kappa shape index (κ2) is 8.04. The number of nitrogen functional groups attached to an aromatic ring is 1. The summed E-state index contributed by atoms with van der Waals surface area (Å²) in [5.74, 6) is 6.71. The van der Waals surface area contributed by atoms with E-state index in [-0.39, 0.29) is 23.9 Å². The fraction of sp³-hybridized carbons (Fsp3) is 0.438. The molecule has 2 N–H and O–H groups in total. The molecule has 26 heavy (non-hydrogen) atoms. The van der Waals surface area contributed by atoms with E-state index in [2.05, 4.69) is 10.2 Å². The summed E-state index contributed by atoms with van der Waals surface area (Å²) < 4.78 is 6.97. The highest BCUT2D eigenvalue weighted by molar-refractivity contribution is 7.99. The van der Waals surface area contributed by atoms with E-state index in [1.807, 2.05) is 13.8 Å². The Bertz CT molecular complexity index is 806. The number of aromatic nitrogens is 3. The van der Waals surface area contributed by atoms with E-state index in [1.54, 1.807) is 23.1 Å². The molecule has 10 heteroatoms. The first-order valence-electron chi connectivity index (χ1n) is 8.07. The van der Waals surface area contributed by atoms with Crippen LogP contribution in [0.4, 0.5) is 0 Å². The van der Waals surface area contributed by atoms with Crippen molar-refractivity contribution in [1.29, 1.82) is 0 Å². The van der Waals surface area contributed by atoms with Gasteiger partial charge < -0.3 is 15.5 Å². The van der Waals surface area contributed by atoms with Gasteiger partial charge in [0.25, 0.3) is 0 Å². The molecule has 140 valence electrons. The van der Waals surface area contributed by atoms with E-state index in [0.29, 0.717) is 39.7 Å².